The van der Waals surface area contributed by atoms with Gasteiger partial charge in [0, 0.05) is 19.2 Å². The molecule has 0 radical (unpaired) electrons. The van der Waals surface area contributed by atoms with Crippen LogP contribution in [0.15, 0.2) is 34.9 Å². The molecule has 7 heteroatoms. The molecule has 0 aliphatic carbocycles. The molecule has 1 heterocycles. The standard InChI is InChI=1S/C16H19FN2O4/c1-10(7-15(20)11-3-5-12(17)6-4-11)18-16(21)14-8-13(9-22-2)23-19-14/h3-6,8,10,15,20H,7,9H2,1-2H3,(H,18,21). The second kappa shape index (κ2) is 7.85. The first-order chi connectivity index (χ1) is 11.0. The molecule has 2 rings (SSSR count). The fraction of sp³-hybridized carbons (Fsp3) is 0.375. The van der Waals surface area contributed by atoms with Crippen molar-refractivity contribution < 1.29 is 23.6 Å². The van der Waals surface area contributed by atoms with Gasteiger partial charge in [-0.25, -0.2) is 4.39 Å². The molecule has 2 unspecified atom stereocenters. The zero-order valence-corrected chi connectivity index (χ0v) is 13.0. The van der Waals surface area contributed by atoms with Crippen LogP contribution in [-0.2, 0) is 11.3 Å². The van der Waals surface area contributed by atoms with E-state index < -0.39 is 12.0 Å². The summed E-state index contributed by atoms with van der Waals surface area (Å²) in [6.45, 7) is 2.00. The SMILES string of the molecule is COCc1cc(C(=O)NC(C)CC(O)c2ccc(F)cc2)no1. The topological polar surface area (TPSA) is 84.6 Å². The Morgan fingerprint density at radius 1 is 1.43 bits per heavy atom. The molecule has 0 saturated heterocycles. The molecule has 124 valence electrons. The minimum atomic E-state index is -0.799. The van der Waals surface area contributed by atoms with Gasteiger partial charge in [0.2, 0.25) is 0 Å². The zero-order chi connectivity index (χ0) is 16.8. The number of carbonyl (C=O) groups excluding carboxylic acids is 1. The summed E-state index contributed by atoms with van der Waals surface area (Å²) >= 11 is 0. The summed E-state index contributed by atoms with van der Waals surface area (Å²) in [5, 5.41) is 16.5. The Balaban J connectivity index is 1.88. The fourth-order valence-corrected chi connectivity index (χ4v) is 2.14. The van der Waals surface area contributed by atoms with Gasteiger partial charge >= 0.3 is 0 Å². The molecule has 0 bridgehead atoms. The Bertz CT molecular complexity index is 642. The molecule has 0 aliphatic rings. The highest BCUT2D eigenvalue weighted by Gasteiger charge is 2.18. The lowest BCUT2D eigenvalue weighted by molar-refractivity contribution is 0.0907. The van der Waals surface area contributed by atoms with Crippen molar-refractivity contribution in [1.82, 2.24) is 10.5 Å². The molecular weight excluding hydrogens is 303 g/mol. The molecule has 0 aliphatic heterocycles. The normalized spacial score (nSPS) is 13.6. The van der Waals surface area contributed by atoms with Crippen LogP contribution in [0.5, 0.6) is 0 Å². The van der Waals surface area contributed by atoms with Gasteiger partial charge in [-0.1, -0.05) is 17.3 Å². The van der Waals surface area contributed by atoms with Crippen molar-refractivity contribution in [2.24, 2.45) is 0 Å². The molecule has 2 aromatic rings. The molecule has 2 N–H and O–H groups in total. The molecule has 0 saturated carbocycles. The molecule has 1 amide bonds. The number of halogens is 1. The van der Waals surface area contributed by atoms with E-state index in [1.807, 2.05) is 0 Å². The number of nitrogens with zero attached hydrogens (tertiary/aromatic N) is 1. The number of carbonyl (C=O) groups is 1. The van der Waals surface area contributed by atoms with Gasteiger partial charge in [-0.2, -0.15) is 0 Å². The van der Waals surface area contributed by atoms with E-state index in [2.05, 4.69) is 10.5 Å². The lowest BCUT2D eigenvalue weighted by Gasteiger charge is -2.17. The fourth-order valence-electron chi connectivity index (χ4n) is 2.14. The van der Waals surface area contributed by atoms with E-state index in [1.54, 1.807) is 6.92 Å². The quantitative estimate of drug-likeness (QED) is 0.816. The maximum atomic E-state index is 12.9. The van der Waals surface area contributed by atoms with E-state index in [1.165, 1.54) is 37.4 Å². The Kier molecular flexibility index (Phi) is 5.84. The first kappa shape index (κ1) is 17.1. The summed E-state index contributed by atoms with van der Waals surface area (Å²) in [6, 6.07) is 6.81. The monoisotopic (exact) mass is 322 g/mol. The molecular formula is C16H19FN2O4. The number of methoxy groups -OCH3 is 1. The highest BCUT2D eigenvalue weighted by molar-refractivity contribution is 5.92. The number of ether oxygens (including phenoxy) is 1. The van der Waals surface area contributed by atoms with Crippen LogP contribution in [0, 0.1) is 5.82 Å². The average molecular weight is 322 g/mol. The first-order valence-electron chi connectivity index (χ1n) is 7.18. The molecule has 2 atom stereocenters. The Morgan fingerprint density at radius 2 is 2.13 bits per heavy atom. The highest BCUT2D eigenvalue weighted by Crippen LogP contribution is 2.18. The number of aliphatic hydroxyl groups is 1. The van der Waals surface area contributed by atoms with Crippen molar-refractivity contribution in [3.8, 4) is 0 Å². The summed E-state index contributed by atoms with van der Waals surface area (Å²) in [5.41, 5.74) is 0.747. The van der Waals surface area contributed by atoms with E-state index in [9.17, 15) is 14.3 Å². The minimum Gasteiger partial charge on any atom is -0.388 e. The van der Waals surface area contributed by atoms with Crippen LogP contribution >= 0.6 is 0 Å². The van der Waals surface area contributed by atoms with Crippen LogP contribution in [0.3, 0.4) is 0 Å². The summed E-state index contributed by atoms with van der Waals surface area (Å²) in [6.07, 6.45) is -0.507. The van der Waals surface area contributed by atoms with Gasteiger partial charge < -0.3 is 19.7 Å². The highest BCUT2D eigenvalue weighted by atomic mass is 19.1. The molecule has 0 spiro atoms. The molecule has 0 fully saturated rings. The van der Waals surface area contributed by atoms with Gasteiger partial charge in [-0.05, 0) is 31.0 Å². The van der Waals surface area contributed by atoms with Crippen LogP contribution in [0.1, 0.15) is 41.3 Å². The number of hydrogen-bond acceptors (Lipinski definition) is 5. The van der Waals surface area contributed by atoms with E-state index in [0.29, 0.717) is 17.7 Å². The second-order valence-corrected chi connectivity index (χ2v) is 5.29. The summed E-state index contributed by atoms with van der Waals surface area (Å²) < 4.78 is 22.7. The van der Waals surface area contributed by atoms with Crippen molar-refractivity contribution in [3.63, 3.8) is 0 Å². The van der Waals surface area contributed by atoms with Crippen molar-refractivity contribution in [3.05, 3.63) is 53.2 Å². The van der Waals surface area contributed by atoms with Gasteiger partial charge in [-0.15, -0.1) is 0 Å². The van der Waals surface area contributed by atoms with E-state index in [4.69, 9.17) is 9.26 Å². The van der Waals surface area contributed by atoms with Crippen LogP contribution in [0.2, 0.25) is 0 Å². The van der Waals surface area contributed by atoms with Crippen LogP contribution in [0.25, 0.3) is 0 Å². The number of rotatable bonds is 7. The first-order valence-corrected chi connectivity index (χ1v) is 7.18. The lowest BCUT2D eigenvalue weighted by Crippen LogP contribution is -2.34. The van der Waals surface area contributed by atoms with Gasteiger partial charge in [0.1, 0.15) is 12.4 Å². The van der Waals surface area contributed by atoms with Crippen molar-refractivity contribution >= 4 is 5.91 Å². The van der Waals surface area contributed by atoms with Crippen LogP contribution in [0.4, 0.5) is 4.39 Å². The lowest BCUT2D eigenvalue weighted by atomic mass is 10.0. The zero-order valence-electron chi connectivity index (χ0n) is 13.0. The van der Waals surface area contributed by atoms with E-state index in [0.717, 1.165) is 0 Å². The number of amides is 1. The molecule has 23 heavy (non-hydrogen) atoms. The number of nitrogens with one attached hydrogen (secondary N) is 1. The Morgan fingerprint density at radius 3 is 2.78 bits per heavy atom. The van der Waals surface area contributed by atoms with Gasteiger partial charge in [0.25, 0.3) is 5.91 Å². The molecule has 1 aromatic carbocycles. The largest absolute Gasteiger partial charge is 0.388 e. The smallest absolute Gasteiger partial charge is 0.273 e. The average Bonchev–Trinajstić information content (AvgIpc) is 2.97. The number of benzene rings is 1. The molecule has 6 nitrogen and oxygen atoms in total. The third kappa shape index (κ3) is 4.87. The molecule has 1 aromatic heterocycles. The number of hydrogen-bond donors (Lipinski definition) is 2. The third-order valence-corrected chi connectivity index (χ3v) is 3.29. The van der Waals surface area contributed by atoms with Gasteiger partial charge in [0.15, 0.2) is 11.5 Å². The van der Waals surface area contributed by atoms with Gasteiger partial charge in [0.05, 0.1) is 6.10 Å². The van der Waals surface area contributed by atoms with Crippen molar-refractivity contribution in [2.75, 3.05) is 7.11 Å². The summed E-state index contributed by atoms with van der Waals surface area (Å²) in [7, 11) is 1.52. The Hall–Kier alpha value is -2.25. The maximum absolute atomic E-state index is 12.9. The minimum absolute atomic E-state index is 0.153. The van der Waals surface area contributed by atoms with E-state index in [-0.39, 0.29) is 24.2 Å². The maximum Gasteiger partial charge on any atom is 0.273 e. The predicted octanol–water partition coefficient (Wildman–Crippen LogP) is 2.20. The van der Waals surface area contributed by atoms with Crippen LogP contribution in [-0.4, -0.2) is 29.3 Å². The Labute approximate surface area is 133 Å². The van der Waals surface area contributed by atoms with Crippen LogP contribution < -0.4 is 5.32 Å². The predicted molar refractivity (Wildman–Crippen MR) is 80.1 cm³/mol. The van der Waals surface area contributed by atoms with Gasteiger partial charge in [-0.3, -0.25) is 4.79 Å². The number of aromatic nitrogens is 1. The number of aliphatic hydroxyl groups excluding tert-OH is 1. The third-order valence-electron chi connectivity index (χ3n) is 3.29. The summed E-state index contributed by atoms with van der Waals surface area (Å²) in [4.78, 5) is 12.0. The summed E-state index contributed by atoms with van der Waals surface area (Å²) in [5.74, 6) is -0.299. The van der Waals surface area contributed by atoms with Crippen molar-refractivity contribution in [2.45, 2.75) is 32.1 Å². The van der Waals surface area contributed by atoms with E-state index >= 15 is 0 Å². The van der Waals surface area contributed by atoms with Crippen molar-refractivity contribution in [1.29, 1.82) is 0 Å². The second-order valence-electron chi connectivity index (χ2n) is 5.29.